The van der Waals surface area contributed by atoms with Crippen LogP contribution in [0.1, 0.15) is 46.5 Å². The molecule has 0 saturated heterocycles. The van der Waals surface area contributed by atoms with Crippen LogP contribution in [0.15, 0.2) is 12.2 Å². The first-order valence-corrected chi connectivity index (χ1v) is 5.90. The van der Waals surface area contributed by atoms with Crippen molar-refractivity contribution in [1.82, 2.24) is 0 Å². The van der Waals surface area contributed by atoms with Gasteiger partial charge in [-0.3, -0.25) is 0 Å². The van der Waals surface area contributed by atoms with Crippen molar-refractivity contribution in [3.05, 3.63) is 12.2 Å². The van der Waals surface area contributed by atoms with Crippen molar-refractivity contribution in [3.8, 4) is 0 Å². The lowest BCUT2D eigenvalue weighted by atomic mass is 9.70. The zero-order chi connectivity index (χ0) is 10.7. The van der Waals surface area contributed by atoms with Crippen LogP contribution in [0.25, 0.3) is 0 Å². The number of allylic oxidation sites excluding steroid dienone is 1. The average molecular weight is 195 g/mol. The second-order valence-corrected chi connectivity index (χ2v) is 5.40. The van der Waals surface area contributed by atoms with Crippen LogP contribution >= 0.6 is 0 Å². The van der Waals surface area contributed by atoms with Gasteiger partial charge in [0.15, 0.2) is 0 Å². The van der Waals surface area contributed by atoms with Gasteiger partial charge in [-0.1, -0.05) is 19.4 Å². The van der Waals surface area contributed by atoms with Crippen LogP contribution in [0.5, 0.6) is 0 Å². The number of hydrogen-bond acceptors (Lipinski definition) is 1. The van der Waals surface area contributed by atoms with Gasteiger partial charge >= 0.3 is 0 Å². The van der Waals surface area contributed by atoms with Crippen molar-refractivity contribution in [2.24, 2.45) is 23.5 Å². The Morgan fingerprint density at radius 3 is 2.57 bits per heavy atom. The number of nitrogens with two attached hydrogens (primary N) is 1. The lowest BCUT2D eigenvalue weighted by Gasteiger charge is -2.37. The normalized spacial score (nSPS) is 33.4. The Balaban J connectivity index is 2.58. The molecule has 1 fully saturated rings. The van der Waals surface area contributed by atoms with Crippen molar-refractivity contribution in [3.63, 3.8) is 0 Å². The van der Waals surface area contributed by atoms with Gasteiger partial charge in [0.25, 0.3) is 0 Å². The van der Waals surface area contributed by atoms with Crippen LogP contribution in [0, 0.1) is 17.8 Å². The molecule has 1 aliphatic carbocycles. The summed E-state index contributed by atoms with van der Waals surface area (Å²) in [6.07, 6.45) is 4.92. The largest absolute Gasteiger partial charge is 0.328 e. The summed E-state index contributed by atoms with van der Waals surface area (Å²) < 4.78 is 0. The van der Waals surface area contributed by atoms with Crippen LogP contribution in [-0.2, 0) is 0 Å². The van der Waals surface area contributed by atoms with Gasteiger partial charge in [-0.2, -0.15) is 0 Å². The maximum Gasteiger partial charge on any atom is 0.00417 e. The van der Waals surface area contributed by atoms with E-state index in [0.29, 0.717) is 6.04 Å². The maximum atomic E-state index is 6.03. The molecule has 1 aliphatic rings. The molecule has 1 rings (SSSR count). The second-order valence-electron chi connectivity index (χ2n) is 5.40. The van der Waals surface area contributed by atoms with E-state index >= 15 is 0 Å². The van der Waals surface area contributed by atoms with Crippen LogP contribution < -0.4 is 5.73 Å². The first-order valence-electron chi connectivity index (χ1n) is 5.90. The molecule has 2 N–H and O–H groups in total. The molecular weight excluding hydrogens is 170 g/mol. The third-order valence-electron chi connectivity index (χ3n) is 3.55. The smallest absolute Gasteiger partial charge is 0.00417 e. The number of rotatable bonds is 3. The molecule has 0 spiro atoms. The van der Waals surface area contributed by atoms with Gasteiger partial charge in [0.05, 0.1) is 0 Å². The molecule has 14 heavy (non-hydrogen) atoms. The highest BCUT2D eigenvalue weighted by Gasteiger charge is 2.30. The van der Waals surface area contributed by atoms with Crippen molar-refractivity contribution in [1.29, 1.82) is 0 Å². The molecule has 0 aromatic rings. The second kappa shape index (κ2) is 4.97. The molecule has 3 atom stereocenters. The van der Waals surface area contributed by atoms with Gasteiger partial charge in [0.2, 0.25) is 0 Å². The SMILES string of the molecule is C=C(C)CC1CC(N)CCC1C(C)C. The fraction of sp³-hybridized carbons (Fsp3) is 0.846. The fourth-order valence-corrected chi connectivity index (χ4v) is 2.88. The van der Waals surface area contributed by atoms with Crippen LogP contribution in [0.4, 0.5) is 0 Å². The van der Waals surface area contributed by atoms with Crippen molar-refractivity contribution < 1.29 is 0 Å². The minimum atomic E-state index is 0.439. The molecule has 82 valence electrons. The maximum absolute atomic E-state index is 6.03. The quantitative estimate of drug-likeness (QED) is 0.687. The zero-order valence-corrected chi connectivity index (χ0v) is 9.92. The summed E-state index contributed by atoms with van der Waals surface area (Å²) >= 11 is 0. The molecule has 0 radical (unpaired) electrons. The van der Waals surface area contributed by atoms with E-state index in [2.05, 4.69) is 27.4 Å². The standard InChI is InChI=1S/C13H25N/c1-9(2)7-11-8-12(14)5-6-13(11)10(3)4/h10-13H,1,5-8,14H2,2-4H3. The molecule has 1 heteroatoms. The summed E-state index contributed by atoms with van der Waals surface area (Å²) in [4.78, 5) is 0. The first kappa shape index (κ1) is 11.8. The molecule has 0 amide bonds. The third-order valence-corrected chi connectivity index (χ3v) is 3.55. The third kappa shape index (κ3) is 3.13. The average Bonchev–Trinajstić information content (AvgIpc) is 2.01. The van der Waals surface area contributed by atoms with E-state index in [1.165, 1.54) is 31.3 Å². The summed E-state index contributed by atoms with van der Waals surface area (Å²) in [5.74, 6) is 2.45. The molecule has 0 bridgehead atoms. The van der Waals surface area contributed by atoms with E-state index in [9.17, 15) is 0 Å². The van der Waals surface area contributed by atoms with Gasteiger partial charge in [0, 0.05) is 6.04 Å². The van der Waals surface area contributed by atoms with Gasteiger partial charge < -0.3 is 5.73 Å². The van der Waals surface area contributed by atoms with Gasteiger partial charge in [-0.15, -0.1) is 6.58 Å². The summed E-state index contributed by atoms with van der Waals surface area (Å²) in [6.45, 7) is 10.8. The highest BCUT2D eigenvalue weighted by molar-refractivity contribution is 4.95. The fourth-order valence-electron chi connectivity index (χ4n) is 2.88. The van der Waals surface area contributed by atoms with Crippen LogP contribution in [-0.4, -0.2) is 6.04 Å². The van der Waals surface area contributed by atoms with E-state index in [1.807, 2.05) is 0 Å². The molecular formula is C13H25N. The minimum Gasteiger partial charge on any atom is -0.328 e. The monoisotopic (exact) mass is 195 g/mol. The minimum absolute atomic E-state index is 0.439. The van der Waals surface area contributed by atoms with Gasteiger partial charge in [-0.25, -0.2) is 0 Å². The Labute approximate surface area is 88.8 Å². The predicted molar refractivity (Wildman–Crippen MR) is 63.1 cm³/mol. The Hall–Kier alpha value is -0.300. The highest BCUT2D eigenvalue weighted by atomic mass is 14.6. The van der Waals surface area contributed by atoms with Crippen LogP contribution in [0.3, 0.4) is 0 Å². The summed E-state index contributed by atoms with van der Waals surface area (Å²) in [5, 5.41) is 0. The molecule has 1 saturated carbocycles. The Morgan fingerprint density at radius 1 is 1.43 bits per heavy atom. The number of hydrogen-bond donors (Lipinski definition) is 1. The summed E-state index contributed by atoms with van der Waals surface area (Å²) in [6, 6.07) is 0.439. The van der Waals surface area contributed by atoms with Gasteiger partial charge in [-0.05, 0) is 50.4 Å². The lowest BCUT2D eigenvalue weighted by Crippen LogP contribution is -2.35. The molecule has 3 unspecified atom stereocenters. The molecule has 0 aliphatic heterocycles. The Morgan fingerprint density at radius 2 is 2.07 bits per heavy atom. The van der Waals surface area contributed by atoms with E-state index < -0.39 is 0 Å². The van der Waals surface area contributed by atoms with Crippen molar-refractivity contribution in [2.75, 3.05) is 0 Å². The molecule has 0 aromatic heterocycles. The molecule has 0 heterocycles. The van der Waals surface area contributed by atoms with E-state index in [4.69, 9.17) is 5.73 Å². The lowest BCUT2D eigenvalue weighted by molar-refractivity contribution is 0.164. The van der Waals surface area contributed by atoms with Crippen molar-refractivity contribution in [2.45, 2.75) is 52.5 Å². The van der Waals surface area contributed by atoms with Crippen molar-refractivity contribution >= 4 is 0 Å². The molecule has 1 nitrogen and oxygen atoms in total. The Bertz CT molecular complexity index is 195. The highest BCUT2D eigenvalue weighted by Crippen LogP contribution is 2.37. The van der Waals surface area contributed by atoms with E-state index in [1.54, 1.807) is 0 Å². The van der Waals surface area contributed by atoms with E-state index in [0.717, 1.165) is 17.8 Å². The zero-order valence-electron chi connectivity index (χ0n) is 9.92. The predicted octanol–water partition coefficient (Wildman–Crippen LogP) is 3.35. The molecule has 0 aromatic carbocycles. The van der Waals surface area contributed by atoms with Gasteiger partial charge in [0.1, 0.15) is 0 Å². The topological polar surface area (TPSA) is 26.0 Å². The summed E-state index contributed by atoms with van der Waals surface area (Å²) in [7, 11) is 0. The first-order chi connectivity index (χ1) is 6.50. The van der Waals surface area contributed by atoms with E-state index in [-0.39, 0.29) is 0 Å². The summed E-state index contributed by atoms with van der Waals surface area (Å²) in [5.41, 5.74) is 7.35. The Kier molecular flexibility index (Phi) is 4.18. The van der Waals surface area contributed by atoms with Crippen LogP contribution in [0.2, 0.25) is 0 Å².